The number of ketones is 1. The molecule has 0 radical (unpaired) electrons. The summed E-state index contributed by atoms with van der Waals surface area (Å²) in [5.41, 5.74) is 0. The van der Waals surface area contributed by atoms with E-state index in [1.807, 2.05) is 41.5 Å². The number of Topliss-reactive ketones (excluding diaryl/α,β-unsaturated/α-hetero) is 1. The molecule has 8 saturated heterocycles. The van der Waals surface area contributed by atoms with Gasteiger partial charge in [0, 0.05) is 42.7 Å². The maximum Gasteiger partial charge on any atom is 0.330 e. The molecule has 0 aromatic carbocycles. The smallest absolute Gasteiger partial charge is 0.330 e. The second-order valence-corrected chi connectivity index (χ2v) is 24.9. The van der Waals surface area contributed by atoms with Crippen LogP contribution < -0.4 is 5.32 Å². The van der Waals surface area contributed by atoms with Crippen LogP contribution in [0.1, 0.15) is 143 Å². The molecule has 1 saturated carbocycles. The van der Waals surface area contributed by atoms with Gasteiger partial charge in [-0.15, -0.1) is 0 Å². The maximum absolute atomic E-state index is 11.4. The van der Waals surface area contributed by atoms with Crippen molar-refractivity contribution in [2.75, 3.05) is 72.6 Å². The molecule has 9 rings (SSSR count). The van der Waals surface area contributed by atoms with Crippen molar-refractivity contribution in [3.8, 4) is 0 Å². The molecule has 85 heavy (non-hydrogen) atoms. The van der Waals surface area contributed by atoms with Crippen LogP contribution in [0.15, 0.2) is 12.2 Å². The Hall–Kier alpha value is -3.75. The van der Waals surface area contributed by atoms with Crippen molar-refractivity contribution in [2.24, 2.45) is 17.8 Å². The number of hydrogen-bond donors (Lipinski definition) is 3. The Balaban J connectivity index is 0.000000221. The van der Waals surface area contributed by atoms with Gasteiger partial charge in [-0.25, -0.2) is 4.79 Å². The molecule has 12 atom stereocenters. The summed E-state index contributed by atoms with van der Waals surface area (Å²) in [6.45, 7) is 32.8. The molecule has 9 fully saturated rings. The van der Waals surface area contributed by atoms with Gasteiger partial charge in [0.2, 0.25) is 12.5 Å². The Morgan fingerprint density at radius 2 is 1.02 bits per heavy atom. The number of aliphatic hydroxyl groups excluding tert-OH is 2. The number of ether oxygens (including phenoxy) is 16. The number of nitrogens with one attached hydrogen (secondary N) is 1. The maximum atomic E-state index is 11.4. The quantitative estimate of drug-likeness (QED) is 0.0674. The van der Waals surface area contributed by atoms with Gasteiger partial charge < -0.3 is 96.1 Å². The molecule has 8 heterocycles. The number of carbonyl (C=O) groups is 5. The Morgan fingerprint density at radius 3 is 1.36 bits per heavy atom. The molecule has 0 aromatic heterocycles. The summed E-state index contributed by atoms with van der Waals surface area (Å²) in [5.74, 6) is -4.38. The second kappa shape index (κ2) is 32.1. The van der Waals surface area contributed by atoms with Gasteiger partial charge in [0.15, 0.2) is 46.8 Å². The minimum absolute atomic E-state index is 0.0288. The van der Waals surface area contributed by atoms with Crippen molar-refractivity contribution < 1.29 is 115 Å². The zero-order valence-electron chi connectivity index (χ0n) is 52.7. The average Bonchev–Trinajstić information content (AvgIpc) is 3.21. The fraction of sp³-hybridized carbons (Fsp3) is 0.879. The van der Waals surface area contributed by atoms with E-state index in [0.717, 1.165) is 25.7 Å². The monoisotopic (exact) mass is 1220 g/mol. The first-order chi connectivity index (χ1) is 39.3. The molecule has 9 aliphatic rings. The van der Waals surface area contributed by atoms with E-state index in [-0.39, 0.29) is 81.6 Å². The zero-order valence-corrected chi connectivity index (χ0v) is 52.7. The highest BCUT2D eigenvalue weighted by molar-refractivity contribution is 5.82. The van der Waals surface area contributed by atoms with Crippen molar-refractivity contribution >= 4 is 29.9 Å². The summed E-state index contributed by atoms with van der Waals surface area (Å²) < 4.78 is 85.5. The van der Waals surface area contributed by atoms with Gasteiger partial charge >= 0.3 is 11.9 Å². The van der Waals surface area contributed by atoms with Crippen LogP contribution in [0.2, 0.25) is 0 Å². The van der Waals surface area contributed by atoms with Gasteiger partial charge in [-0.2, -0.15) is 0 Å². The molecule has 8 aliphatic heterocycles. The SMILES string of the molecule is CC1(C)OC[C@H](C=O)O1.CC1(C)OC[C@H]([C@@H](O)[C@H](O)[C@H]2COC(C)(C)O2)O1.CC1(C)OC[C@H]([C@@H]2CCC(=O)C2)O1.CC1(C)OC[C@H]([C@@H]2CNC(=O)C2)O1.CCOC(=O)/C=C/[C@H]1COC(C)(C)O1.CCOC(=O)C[C@@H](C[N+](=O)[O-])[C@H]1COC(C)(C)O1. The average molecular weight is 1220 g/mol. The third-order valence-electron chi connectivity index (χ3n) is 14.2. The van der Waals surface area contributed by atoms with Crippen molar-refractivity contribution in [1.82, 2.24) is 5.32 Å². The first kappa shape index (κ1) is 73.7. The molecule has 3 N–H and O–H groups in total. The van der Waals surface area contributed by atoms with E-state index >= 15 is 0 Å². The molecule has 0 unspecified atom stereocenters. The molecule has 27 nitrogen and oxygen atoms in total. The Labute approximate surface area is 499 Å². The number of aliphatic hydroxyl groups is 2. The predicted octanol–water partition coefficient (Wildman–Crippen LogP) is 4.37. The first-order valence-electron chi connectivity index (χ1n) is 29.3. The summed E-state index contributed by atoms with van der Waals surface area (Å²) >= 11 is 0. The summed E-state index contributed by atoms with van der Waals surface area (Å²) in [5, 5.41) is 33.6. The highest BCUT2D eigenvalue weighted by Gasteiger charge is 2.47. The molecular formula is C58H98N2O25. The minimum atomic E-state index is -1.06. The molecule has 1 amide bonds. The summed E-state index contributed by atoms with van der Waals surface area (Å²) in [4.78, 5) is 64.7. The Kier molecular flexibility index (Phi) is 27.9. The van der Waals surface area contributed by atoms with Crippen LogP contribution in [0, 0.1) is 27.9 Å². The van der Waals surface area contributed by atoms with Crippen LogP contribution in [-0.2, 0) is 99.8 Å². The van der Waals surface area contributed by atoms with Crippen molar-refractivity contribution in [2.45, 2.75) is 238 Å². The minimum Gasteiger partial charge on any atom is -0.466 e. The lowest BCUT2D eigenvalue weighted by Gasteiger charge is -2.27. The van der Waals surface area contributed by atoms with Crippen LogP contribution in [0.3, 0.4) is 0 Å². The van der Waals surface area contributed by atoms with Gasteiger partial charge in [0.1, 0.15) is 42.4 Å². The number of nitrogens with zero attached hydrogens (tertiary/aromatic N) is 1. The van der Waals surface area contributed by atoms with Gasteiger partial charge in [-0.1, -0.05) is 0 Å². The van der Waals surface area contributed by atoms with Gasteiger partial charge in [0.25, 0.3) is 0 Å². The van der Waals surface area contributed by atoms with E-state index in [0.29, 0.717) is 57.6 Å². The van der Waals surface area contributed by atoms with E-state index in [1.54, 1.807) is 75.3 Å². The lowest BCUT2D eigenvalue weighted by Crippen LogP contribution is -2.47. The highest BCUT2D eigenvalue weighted by atomic mass is 16.8. The lowest BCUT2D eigenvalue weighted by molar-refractivity contribution is -0.490. The lowest BCUT2D eigenvalue weighted by atomic mass is 9.99. The van der Waals surface area contributed by atoms with E-state index in [4.69, 9.17) is 75.8 Å². The number of rotatable bonds is 15. The van der Waals surface area contributed by atoms with Gasteiger partial charge in [-0.3, -0.25) is 24.5 Å². The summed E-state index contributed by atoms with van der Waals surface area (Å²) in [6.07, 6.45) is 2.74. The normalized spacial score (nSPS) is 32.3. The van der Waals surface area contributed by atoms with Gasteiger partial charge in [0.05, 0.1) is 90.1 Å². The topological polar surface area (TPSA) is 329 Å². The fourth-order valence-corrected chi connectivity index (χ4v) is 10.0. The number of hydrogen-bond acceptors (Lipinski definition) is 25. The van der Waals surface area contributed by atoms with Crippen LogP contribution in [0.5, 0.6) is 0 Å². The Morgan fingerprint density at radius 1 is 0.600 bits per heavy atom. The molecule has 27 heteroatoms. The highest BCUT2D eigenvalue weighted by Crippen LogP contribution is 2.35. The zero-order chi connectivity index (χ0) is 63.8. The third kappa shape index (κ3) is 26.5. The van der Waals surface area contributed by atoms with Crippen molar-refractivity contribution in [1.29, 1.82) is 0 Å². The predicted molar refractivity (Wildman–Crippen MR) is 298 cm³/mol. The number of amides is 1. The number of carbonyl (C=O) groups excluding carboxylic acids is 5. The number of esters is 2. The van der Waals surface area contributed by atoms with Crippen molar-refractivity contribution in [3.63, 3.8) is 0 Å². The molecule has 0 spiro atoms. The summed E-state index contributed by atoms with van der Waals surface area (Å²) in [6, 6.07) is 0. The first-order valence-corrected chi connectivity index (χ1v) is 29.3. The molecular weight excluding hydrogens is 1120 g/mol. The van der Waals surface area contributed by atoms with Crippen LogP contribution in [-0.4, -0.2) is 213 Å². The number of nitro groups is 1. The van der Waals surface area contributed by atoms with Crippen LogP contribution >= 0.6 is 0 Å². The third-order valence-corrected chi connectivity index (χ3v) is 14.2. The second-order valence-electron chi connectivity index (χ2n) is 24.9. The molecule has 1 aliphatic carbocycles. The Bertz CT molecular complexity index is 2110. The van der Waals surface area contributed by atoms with Crippen LogP contribution in [0.4, 0.5) is 0 Å². The van der Waals surface area contributed by atoms with E-state index in [2.05, 4.69) is 5.32 Å². The molecule has 0 aromatic rings. The largest absolute Gasteiger partial charge is 0.466 e. The molecule has 0 bridgehead atoms. The van der Waals surface area contributed by atoms with E-state index in [1.165, 1.54) is 6.08 Å². The fourth-order valence-electron chi connectivity index (χ4n) is 10.0. The van der Waals surface area contributed by atoms with E-state index < -0.39 is 87.8 Å². The van der Waals surface area contributed by atoms with Crippen molar-refractivity contribution in [3.05, 3.63) is 22.3 Å². The van der Waals surface area contributed by atoms with E-state index in [9.17, 15) is 44.3 Å². The standard InChI is InChI=1S/C12H22O6.C11H19NO6.C10H16O4.C10H16O3.C9H15NO3.C6H10O3/c1-11(2)15-5-7(17-11)9(13)10(14)8-6-16-12(3,4)18-8;1-4-16-10(13)5-8(6-12(14)15)9-7-17-11(2,3)18-9;1-4-12-9(11)6-5-8-7-13-10(2,3)14-8;1-10(2)12-6-9(13-10)7-3-4-8(11)5-7;1-9(2)12-5-7(13-9)6-3-8(11)10-4-6;1-6(2)8-4-5(3-7)9-6/h7-10,13-14H,5-6H2,1-4H3;8-9H,4-7H2,1-3H3;5-6,8H,4,7H2,1-3H3;7,9H,3-6H2,1-2H3;6-7H,3-5H2,1-2H3,(H,10,11);3,5H,4H2,1-2H3/b;;6-5+;;;/t7-,8-,9-,10-;8-,9+;8-;7-,9-;6-,7+;5-/m100100/s1. The van der Waals surface area contributed by atoms with Crippen LogP contribution in [0.25, 0.3) is 0 Å². The van der Waals surface area contributed by atoms with Gasteiger partial charge in [-0.05, 0) is 129 Å². The summed E-state index contributed by atoms with van der Waals surface area (Å²) in [7, 11) is 0. The number of aldehydes is 1. The molecule has 490 valence electrons.